The van der Waals surface area contributed by atoms with Crippen molar-refractivity contribution in [2.45, 2.75) is 25.0 Å². The maximum atomic E-state index is 12.5. The molecule has 2 N–H and O–H groups in total. The number of ether oxygens (including phenoxy) is 3. The monoisotopic (exact) mass is 553 g/mol. The van der Waals surface area contributed by atoms with E-state index in [9.17, 15) is 14.4 Å². The van der Waals surface area contributed by atoms with Crippen molar-refractivity contribution in [2.24, 2.45) is 7.05 Å². The van der Waals surface area contributed by atoms with Crippen molar-refractivity contribution in [1.29, 1.82) is 0 Å². The molecule has 39 heavy (non-hydrogen) atoms. The fraction of sp³-hybridized carbons (Fsp3) is 0.296. The third-order valence-corrected chi connectivity index (χ3v) is 6.35. The molecule has 2 aromatic carbocycles. The van der Waals surface area contributed by atoms with Crippen LogP contribution in [-0.2, 0) is 27.9 Å². The number of anilines is 1. The highest BCUT2D eigenvalue weighted by Crippen LogP contribution is 2.28. The van der Waals surface area contributed by atoms with E-state index in [2.05, 4.69) is 20.8 Å². The number of rotatable bonds is 13. The topological polar surface area (TPSA) is 134 Å². The summed E-state index contributed by atoms with van der Waals surface area (Å²) >= 11 is 1.20. The Hall–Kier alpha value is -4.32. The maximum Gasteiger partial charge on any atom is 0.338 e. The molecule has 0 aliphatic heterocycles. The zero-order valence-electron chi connectivity index (χ0n) is 22.2. The number of carbonyl (C=O) groups is 3. The zero-order chi connectivity index (χ0) is 28.2. The summed E-state index contributed by atoms with van der Waals surface area (Å²) in [4.78, 5) is 36.8. The van der Waals surface area contributed by atoms with E-state index in [0.717, 1.165) is 12.0 Å². The van der Waals surface area contributed by atoms with Gasteiger partial charge in [-0.05, 0) is 48.4 Å². The number of carbonyl (C=O) groups excluding carboxylic acids is 3. The predicted octanol–water partition coefficient (Wildman–Crippen LogP) is 3.46. The third kappa shape index (κ3) is 8.60. The molecule has 0 atom stereocenters. The van der Waals surface area contributed by atoms with Crippen molar-refractivity contribution >= 4 is 41.3 Å². The lowest BCUT2D eigenvalue weighted by Crippen LogP contribution is -2.22. The van der Waals surface area contributed by atoms with Crippen LogP contribution in [0.4, 0.5) is 5.69 Å². The number of thioether (sulfide) groups is 1. The van der Waals surface area contributed by atoms with Gasteiger partial charge in [0.15, 0.2) is 22.5 Å². The highest BCUT2D eigenvalue weighted by molar-refractivity contribution is 7.99. The van der Waals surface area contributed by atoms with Crippen molar-refractivity contribution in [1.82, 2.24) is 20.1 Å². The van der Waals surface area contributed by atoms with Crippen LogP contribution in [-0.4, -0.2) is 59.1 Å². The molecule has 0 radical (unpaired) electrons. The van der Waals surface area contributed by atoms with E-state index in [4.69, 9.17) is 14.2 Å². The van der Waals surface area contributed by atoms with Crippen LogP contribution in [0.15, 0.2) is 53.7 Å². The van der Waals surface area contributed by atoms with Gasteiger partial charge >= 0.3 is 5.97 Å². The molecule has 0 spiro atoms. The number of methoxy groups -OCH3 is 2. The van der Waals surface area contributed by atoms with Crippen LogP contribution in [0.5, 0.6) is 11.5 Å². The van der Waals surface area contributed by atoms with Gasteiger partial charge in [-0.15, -0.1) is 10.2 Å². The second-order valence-electron chi connectivity index (χ2n) is 8.18. The van der Waals surface area contributed by atoms with Gasteiger partial charge in [-0.1, -0.05) is 30.8 Å². The van der Waals surface area contributed by atoms with Gasteiger partial charge in [0, 0.05) is 18.8 Å². The fourth-order valence-corrected chi connectivity index (χ4v) is 4.04. The molecular formula is C27H31N5O6S. The molecule has 1 heterocycles. The summed E-state index contributed by atoms with van der Waals surface area (Å²) in [6, 6.07) is 11.9. The minimum Gasteiger partial charge on any atom is -0.493 e. The molecule has 3 rings (SSSR count). The molecule has 1 aromatic heterocycles. The largest absolute Gasteiger partial charge is 0.493 e. The number of aromatic nitrogens is 3. The smallest absolute Gasteiger partial charge is 0.338 e. The second kappa shape index (κ2) is 14.6. The van der Waals surface area contributed by atoms with Crippen LogP contribution >= 0.6 is 11.8 Å². The highest BCUT2D eigenvalue weighted by Gasteiger charge is 2.13. The SMILES string of the molecule is CCCOC(=O)c1cccc(NC(=O)CSc2nnc(CNC(=O)/C=C/c3ccc(OC)c(OC)c3)n2C)c1. The van der Waals surface area contributed by atoms with Crippen molar-refractivity contribution in [3.8, 4) is 11.5 Å². The zero-order valence-corrected chi connectivity index (χ0v) is 23.0. The molecule has 0 saturated heterocycles. The molecular weight excluding hydrogens is 522 g/mol. The van der Waals surface area contributed by atoms with Gasteiger partial charge in [0.1, 0.15) is 0 Å². The number of nitrogens with zero attached hydrogens (tertiary/aromatic N) is 3. The van der Waals surface area contributed by atoms with E-state index in [1.807, 2.05) is 13.0 Å². The van der Waals surface area contributed by atoms with Gasteiger partial charge in [-0.2, -0.15) is 0 Å². The van der Waals surface area contributed by atoms with E-state index >= 15 is 0 Å². The van der Waals surface area contributed by atoms with Crippen LogP contribution < -0.4 is 20.1 Å². The first-order valence-electron chi connectivity index (χ1n) is 12.1. The Morgan fingerprint density at radius 2 is 1.85 bits per heavy atom. The molecule has 0 saturated carbocycles. The minimum absolute atomic E-state index is 0.0803. The molecule has 2 amide bonds. The molecule has 11 nitrogen and oxygen atoms in total. The molecule has 206 valence electrons. The standard InChI is InChI=1S/C27H31N5O6S/c1-5-13-38-26(35)19-7-6-8-20(15-19)29-25(34)17-39-27-31-30-23(32(27)2)16-28-24(33)12-10-18-9-11-21(36-3)22(14-18)37-4/h6-12,14-15H,5,13,16-17H2,1-4H3,(H,28,33)(H,29,34)/b12-10+. The average Bonchev–Trinajstić information content (AvgIpc) is 3.31. The Morgan fingerprint density at radius 1 is 1.05 bits per heavy atom. The molecule has 0 aliphatic rings. The first kappa shape index (κ1) is 29.2. The normalized spacial score (nSPS) is 10.8. The maximum absolute atomic E-state index is 12.5. The molecule has 0 aliphatic carbocycles. The number of nitrogens with one attached hydrogen (secondary N) is 2. The first-order chi connectivity index (χ1) is 18.8. The number of esters is 1. The average molecular weight is 554 g/mol. The van der Waals surface area contributed by atoms with Crippen LogP contribution in [0.1, 0.15) is 35.1 Å². The van der Waals surface area contributed by atoms with Gasteiger partial charge < -0.3 is 29.4 Å². The number of benzene rings is 2. The number of amides is 2. The van der Waals surface area contributed by atoms with E-state index in [1.165, 1.54) is 17.8 Å². The summed E-state index contributed by atoms with van der Waals surface area (Å²) in [7, 11) is 4.86. The van der Waals surface area contributed by atoms with E-state index in [-0.39, 0.29) is 24.1 Å². The minimum atomic E-state index is -0.433. The van der Waals surface area contributed by atoms with E-state index in [1.54, 1.807) is 68.3 Å². The fourth-order valence-electron chi connectivity index (χ4n) is 3.31. The molecule has 0 bridgehead atoms. The van der Waals surface area contributed by atoms with Gasteiger partial charge in [-0.25, -0.2) is 4.79 Å². The summed E-state index contributed by atoms with van der Waals surface area (Å²) in [5.74, 6) is 0.780. The summed E-state index contributed by atoms with van der Waals surface area (Å²) in [6.45, 7) is 2.41. The molecule has 12 heteroatoms. The first-order valence-corrected chi connectivity index (χ1v) is 13.1. The predicted molar refractivity (Wildman–Crippen MR) is 148 cm³/mol. The Kier molecular flexibility index (Phi) is 10.9. The Morgan fingerprint density at radius 3 is 2.59 bits per heavy atom. The van der Waals surface area contributed by atoms with Crippen molar-refractivity contribution in [3.05, 3.63) is 65.5 Å². The van der Waals surface area contributed by atoms with Crippen LogP contribution in [0.3, 0.4) is 0 Å². The quantitative estimate of drug-likeness (QED) is 0.185. The molecule has 0 fully saturated rings. The lowest BCUT2D eigenvalue weighted by Gasteiger charge is -2.08. The van der Waals surface area contributed by atoms with Crippen molar-refractivity contribution < 1.29 is 28.6 Å². The van der Waals surface area contributed by atoms with E-state index in [0.29, 0.717) is 40.3 Å². The van der Waals surface area contributed by atoms with Gasteiger partial charge in [0.25, 0.3) is 0 Å². The van der Waals surface area contributed by atoms with Gasteiger partial charge in [-0.3, -0.25) is 9.59 Å². The molecule has 0 unspecified atom stereocenters. The summed E-state index contributed by atoms with van der Waals surface area (Å²) in [5.41, 5.74) is 1.64. The summed E-state index contributed by atoms with van der Waals surface area (Å²) in [5, 5.41) is 14.3. The van der Waals surface area contributed by atoms with Crippen molar-refractivity contribution in [2.75, 3.05) is 31.9 Å². The highest BCUT2D eigenvalue weighted by atomic mass is 32.2. The Labute approximate surface area is 230 Å². The Balaban J connectivity index is 1.48. The summed E-state index contributed by atoms with van der Waals surface area (Å²) < 4.78 is 17.3. The van der Waals surface area contributed by atoms with Crippen LogP contribution in [0.25, 0.3) is 6.08 Å². The number of hydrogen-bond donors (Lipinski definition) is 2. The molecule has 3 aromatic rings. The van der Waals surface area contributed by atoms with Crippen molar-refractivity contribution in [3.63, 3.8) is 0 Å². The van der Waals surface area contributed by atoms with Crippen LogP contribution in [0.2, 0.25) is 0 Å². The lowest BCUT2D eigenvalue weighted by molar-refractivity contribution is -0.116. The summed E-state index contributed by atoms with van der Waals surface area (Å²) in [6.07, 6.45) is 3.81. The van der Waals surface area contributed by atoms with Gasteiger partial charge in [0.05, 0.1) is 38.7 Å². The number of hydrogen-bond acceptors (Lipinski definition) is 9. The van der Waals surface area contributed by atoms with E-state index < -0.39 is 5.97 Å². The van der Waals surface area contributed by atoms with Crippen LogP contribution in [0, 0.1) is 0 Å². The Bertz CT molecular complexity index is 1340. The third-order valence-electron chi connectivity index (χ3n) is 5.33. The van der Waals surface area contributed by atoms with Gasteiger partial charge in [0.2, 0.25) is 11.8 Å². The second-order valence-corrected chi connectivity index (χ2v) is 9.12. The lowest BCUT2D eigenvalue weighted by atomic mass is 10.2.